The van der Waals surface area contributed by atoms with Crippen LogP contribution in [0.4, 0.5) is 8.78 Å². The van der Waals surface area contributed by atoms with Gasteiger partial charge in [-0.2, -0.15) is 0 Å². The molecule has 0 amide bonds. The first kappa shape index (κ1) is 15.9. The minimum Gasteiger partial charge on any atom is -0.210 e. The molecule has 3 heteroatoms. The minimum atomic E-state index is -2.16. The molecule has 21 heavy (non-hydrogen) atoms. The molecule has 1 saturated carbocycles. The van der Waals surface area contributed by atoms with Gasteiger partial charge in [0.15, 0.2) is 0 Å². The zero-order valence-electron chi connectivity index (χ0n) is 11.6. The van der Waals surface area contributed by atoms with Crippen LogP contribution in [0.1, 0.15) is 23.5 Å². The second kappa shape index (κ2) is 7.51. The Hall–Kier alpha value is -1.48. The summed E-state index contributed by atoms with van der Waals surface area (Å²) in [4.78, 5) is 0. The molecule has 110 valence electrons. The van der Waals surface area contributed by atoms with Crippen LogP contribution in [0.15, 0.2) is 65.6 Å². The molecule has 2 aromatic carbocycles. The van der Waals surface area contributed by atoms with E-state index in [9.17, 15) is 8.78 Å². The number of hydrogen-bond donors (Lipinski definition) is 0. The predicted molar refractivity (Wildman–Crippen MR) is 87.5 cm³/mol. The van der Waals surface area contributed by atoms with Gasteiger partial charge in [0.25, 0.3) is 0 Å². The molecule has 2 aromatic rings. The minimum absolute atomic E-state index is 0.0908. The highest BCUT2D eigenvalue weighted by Gasteiger charge is 2.44. The van der Waals surface area contributed by atoms with Gasteiger partial charge in [0, 0.05) is 10.4 Å². The lowest BCUT2D eigenvalue weighted by molar-refractivity contribution is 0.120. The van der Waals surface area contributed by atoms with E-state index in [4.69, 9.17) is 0 Å². The van der Waals surface area contributed by atoms with E-state index in [2.05, 4.69) is 22.5 Å². The number of alkyl halides is 2. The van der Waals surface area contributed by atoms with Gasteiger partial charge in [0.1, 0.15) is 0 Å². The Balaban J connectivity index is 0.000000173. The Bertz CT molecular complexity index is 564. The lowest BCUT2D eigenvalue weighted by Gasteiger charge is -1.99. The summed E-state index contributed by atoms with van der Waals surface area (Å²) in [5.74, 6) is -0.311. The van der Waals surface area contributed by atoms with Crippen molar-refractivity contribution in [3.8, 4) is 0 Å². The molecule has 0 N–H and O–H groups in total. The number of rotatable bonds is 3. The highest BCUT2D eigenvalue weighted by atomic mass is 79.9. The van der Waals surface area contributed by atoms with Gasteiger partial charge < -0.3 is 0 Å². The fraction of sp³-hybridized carbons (Fsp3) is 0.222. The van der Waals surface area contributed by atoms with Gasteiger partial charge in [0.05, 0.1) is 0 Å². The summed E-state index contributed by atoms with van der Waals surface area (Å²) in [6, 6.07) is 17.7. The first-order valence-electron chi connectivity index (χ1n) is 6.83. The summed E-state index contributed by atoms with van der Waals surface area (Å²) >= 11 is 3.31. The zero-order valence-corrected chi connectivity index (χ0v) is 13.1. The molecule has 0 radical (unpaired) electrons. The van der Waals surface area contributed by atoms with Gasteiger partial charge in [-0.25, -0.2) is 8.78 Å². The van der Waals surface area contributed by atoms with Gasteiger partial charge in [-0.15, -0.1) is 0 Å². The fourth-order valence-electron chi connectivity index (χ4n) is 2.18. The molecule has 2 atom stereocenters. The van der Waals surface area contributed by atoms with Crippen LogP contribution < -0.4 is 0 Å². The summed E-state index contributed by atoms with van der Waals surface area (Å²) in [5, 5.41) is 0. The Labute approximate surface area is 132 Å². The summed E-state index contributed by atoms with van der Waals surface area (Å²) in [7, 11) is 0. The second-order valence-electron chi connectivity index (χ2n) is 5.01. The Kier molecular flexibility index (Phi) is 5.68. The fourth-order valence-corrected chi connectivity index (χ4v) is 2.44. The third-order valence-corrected chi connectivity index (χ3v) is 4.03. The van der Waals surface area contributed by atoms with E-state index in [1.54, 1.807) is 0 Å². The van der Waals surface area contributed by atoms with Crippen LogP contribution >= 0.6 is 15.9 Å². The van der Waals surface area contributed by atoms with Crippen molar-refractivity contribution in [2.45, 2.75) is 18.8 Å². The maximum atomic E-state index is 12.2. The Morgan fingerprint density at radius 2 is 1.67 bits per heavy atom. The van der Waals surface area contributed by atoms with Gasteiger partial charge >= 0.3 is 0 Å². The van der Waals surface area contributed by atoms with Crippen LogP contribution in [-0.2, 0) is 0 Å². The van der Waals surface area contributed by atoms with Crippen LogP contribution in [0.5, 0.6) is 0 Å². The van der Waals surface area contributed by atoms with E-state index in [1.807, 2.05) is 60.7 Å². The third kappa shape index (κ3) is 4.78. The standard InChI is InChI=1S/C10H9BrF2.C8H8/c11-7-3-1-6(2-4-7)8-5-9(8)10(12)13;1-2-8-6-4-3-5-7-8/h1-4,8-10H,5H2;2-7H,1H2. The van der Waals surface area contributed by atoms with Crippen molar-refractivity contribution in [2.75, 3.05) is 0 Å². The maximum Gasteiger partial charge on any atom is 0.242 e. The van der Waals surface area contributed by atoms with Gasteiger partial charge in [-0.3, -0.25) is 0 Å². The molecule has 1 fully saturated rings. The average molecular weight is 351 g/mol. The lowest BCUT2D eigenvalue weighted by atomic mass is 10.1. The van der Waals surface area contributed by atoms with Crippen molar-refractivity contribution in [3.63, 3.8) is 0 Å². The van der Waals surface area contributed by atoms with Crippen LogP contribution in [0, 0.1) is 5.92 Å². The SMILES string of the molecule is C=Cc1ccccc1.FC(F)C1CC1c1ccc(Br)cc1. The van der Waals surface area contributed by atoms with Crippen molar-refractivity contribution in [2.24, 2.45) is 5.92 Å². The van der Waals surface area contributed by atoms with Gasteiger partial charge in [-0.05, 0) is 35.6 Å². The zero-order chi connectivity index (χ0) is 15.2. The number of halogens is 3. The largest absolute Gasteiger partial charge is 0.242 e. The molecule has 0 bridgehead atoms. The molecule has 0 spiro atoms. The molecule has 3 rings (SSSR count). The Morgan fingerprint density at radius 1 is 1.05 bits per heavy atom. The normalized spacial score (nSPS) is 19.6. The van der Waals surface area contributed by atoms with E-state index >= 15 is 0 Å². The highest BCUT2D eigenvalue weighted by Crippen LogP contribution is 2.50. The van der Waals surface area contributed by atoms with Crippen LogP contribution in [-0.4, -0.2) is 6.43 Å². The Morgan fingerprint density at radius 3 is 2.10 bits per heavy atom. The van der Waals surface area contributed by atoms with Crippen molar-refractivity contribution >= 4 is 22.0 Å². The first-order chi connectivity index (χ1) is 10.1. The lowest BCUT2D eigenvalue weighted by Crippen LogP contribution is -1.94. The van der Waals surface area contributed by atoms with E-state index in [0.717, 1.165) is 10.0 Å². The molecule has 0 nitrogen and oxygen atoms in total. The van der Waals surface area contributed by atoms with E-state index < -0.39 is 12.3 Å². The van der Waals surface area contributed by atoms with Crippen molar-refractivity contribution in [3.05, 3.63) is 76.8 Å². The van der Waals surface area contributed by atoms with Gasteiger partial charge in [0.2, 0.25) is 6.43 Å². The van der Waals surface area contributed by atoms with E-state index in [-0.39, 0.29) is 5.92 Å². The van der Waals surface area contributed by atoms with E-state index in [1.165, 1.54) is 5.56 Å². The third-order valence-electron chi connectivity index (χ3n) is 3.50. The summed E-state index contributed by atoms with van der Waals surface area (Å²) in [6.07, 6.45) is 0.313. The molecule has 0 heterocycles. The van der Waals surface area contributed by atoms with Crippen molar-refractivity contribution in [1.29, 1.82) is 0 Å². The van der Waals surface area contributed by atoms with Crippen molar-refractivity contribution in [1.82, 2.24) is 0 Å². The molecule has 0 aliphatic heterocycles. The number of hydrogen-bond acceptors (Lipinski definition) is 0. The highest BCUT2D eigenvalue weighted by molar-refractivity contribution is 9.10. The molecular weight excluding hydrogens is 334 g/mol. The molecule has 2 unspecified atom stereocenters. The molecule has 0 aromatic heterocycles. The molecule has 0 saturated heterocycles. The molecule has 1 aliphatic carbocycles. The molecular formula is C18H17BrF2. The smallest absolute Gasteiger partial charge is 0.210 e. The number of benzene rings is 2. The first-order valence-corrected chi connectivity index (χ1v) is 7.62. The summed E-state index contributed by atoms with van der Waals surface area (Å²) in [6.45, 7) is 3.63. The van der Waals surface area contributed by atoms with Crippen LogP contribution in [0.3, 0.4) is 0 Å². The van der Waals surface area contributed by atoms with Crippen LogP contribution in [0.2, 0.25) is 0 Å². The van der Waals surface area contributed by atoms with E-state index in [0.29, 0.717) is 6.42 Å². The van der Waals surface area contributed by atoms with Crippen molar-refractivity contribution < 1.29 is 8.78 Å². The maximum absolute atomic E-state index is 12.2. The molecule has 1 aliphatic rings. The van der Waals surface area contributed by atoms with Gasteiger partial charge in [-0.1, -0.05) is 71.0 Å². The summed E-state index contributed by atoms with van der Waals surface area (Å²) in [5.41, 5.74) is 2.21. The monoisotopic (exact) mass is 350 g/mol. The van der Waals surface area contributed by atoms with Crippen LogP contribution in [0.25, 0.3) is 6.08 Å². The average Bonchev–Trinajstić information content (AvgIpc) is 3.30. The summed E-state index contributed by atoms with van der Waals surface area (Å²) < 4.78 is 25.4. The predicted octanol–water partition coefficient (Wildman–Crippen LogP) is 6.15. The second-order valence-corrected chi connectivity index (χ2v) is 5.92. The quantitative estimate of drug-likeness (QED) is 0.622. The topological polar surface area (TPSA) is 0 Å².